The second-order valence-electron chi connectivity index (χ2n) is 6.83. The summed E-state index contributed by atoms with van der Waals surface area (Å²) >= 11 is 1.37. The highest BCUT2D eigenvalue weighted by Crippen LogP contribution is 2.41. The average molecular weight is 354 g/mol. The van der Waals surface area contributed by atoms with Crippen molar-refractivity contribution in [1.29, 1.82) is 0 Å². The molecule has 2 N–H and O–H groups in total. The predicted molar refractivity (Wildman–Crippen MR) is 89.3 cm³/mol. The van der Waals surface area contributed by atoms with Gasteiger partial charge in [-0.1, -0.05) is 11.3 Å². The summed E-state index contributed by atoms with van der Waals surface area (Å²) in [6.07, 6.45) is 0.262. The number of anilines is 1. The van der Waals surface area contributed by atoms with E-state index in [9.17, 15) is 9.59 Å². The molecular weight excluding hydrogens is 332 g/mol. The van der Waals surface area contributed by atoms with Crippen LogP contribution in [0, 0.1) is 0 Å². The lowest BCUT2D eigenvalue weighted by Crippen LogP contribution is -2.55. The molecule has 9 heteroatoms. The molecule has 0 saturated carbocycles. The molecule has 0 aromatic carbocycles. The number of carbonyl (C=O) groups excluding carboxylic acids is 2. The molecule has 2 atom stereocenters. The SMILES string of the molecule is CNC(=O)Nc1nc2c(s1)C1COCC(C2)N1C(=O)OC(C)(C)C. The molecule has 0 spiro atoms. The number of ether oxygens (including phenoxy) is 2. The highest BCUT2D eigenvalue weighted by molar-refractivity contribution is 7.16. The van der Waals surface area contributed by atoms with Gasteiger partial charge in [-0.05, 0) is 20.8 Å². The number of hydrogen-bond acceptors (Lipinski definition) is 6. The summed E-state index contributed by atoms with van der Waals surface area (Å²) in [5.74, 6) is 0. The molecule has 2 bridgehead atoms. The largest absolute Gasteiger partial charge is 0.444 e. The Bertz CT molecular complexity index is 654. The van der Waals surface area contributed by atoms with Crippen LogP contribution in [-0.2, 0) is 15.9 Å². The number of hydrogen-bond donors (Lipinski definition) is 2. The molecule has 1 fully saturated rings. The van der Waals surface area contributed by atoms with Crippen molar-refractivity contribution < 1.29 is 19.1 Å². The van der Waals surface area contributed by atoms with Crippen LogP contribution in [0.4, 0.5) is 14.7 Å². The molecule has 1 saturated heterocycles. The molecule has 3 amide bonds. The van der Waals surface area contributed by atoms with E-state index in [1.54, 1.807) is 11.9 Å². The van der Waals surface area contributed by atoms with E-state index in [0.717, 1.165) is 10.6 Å². The Morgan fingerprint density at radius 1 is 1.38 bits per heavy atom. The molecule has 24 heavy (non-hydrogen) atoms. The van der Waals surface area contributed by atoms with Crippen LogP contribution >= 0.6 is 11.3 Å². The van der Waals surface area contributed by atoms with Crippen molar-refractivity contribution in [2.24, 2.45) is 0 Å². The van der Waals surface area contributed by atoms with Crippen LogP contribution in [0.1, 0.15) is 37.4 Å². The smallest absolute Gasteiger partial charge is 0.411 e. The molecule has 2 aliphatic heterocycles. The second kappa shape index (κ2) is 6.21. The zero-order valence-electron chi connectivity index (χ0n) is 14.2. The molecule has 3 rings (SSSR count). The van der Waals surface area contributed by atoms with Crippen molar-refractivity contribution >= 4 is 28.6 Å². The van der Waals surface area contributed by atoms with Gasteiger partial charge in [0, 0.05) is 13.5 Å². The van der Waals surface area contributed by atoms with Crippen molar-refractivity contribution in [3.8, 4) is 0 Å². The van der Waals surface area contributed by atoms with Crippen LogP contribution in [0.25, 0.3) is 0 Å². The summed E-state index contributed by atoms with van der Waals surface area (Å²) in [4.78, 5) is 31.3. The summed E-state index contributed by atoms with van der Waals surface area (Å²) in [5, 5.41) is 5.72. The van der Waals surface area contributed by atoms with E-state index in [4.69, 9.17) is 9.47 Å². The molecule has 0 aliphatic carbocycles. The Balaban J connectivity index is 1.86. The predicted octanol–water partition coefficient (Wildman–Crippen LogP) is 2.13. The molecule has 2 unspecified atom stereocenters. The molecule has 2 aliphatic rings. The average Bonchev–Trinajstić information content (AvgIpc) is 2.87. The summed E-state index contributed by atoms with van der Waals surface area (Å²) in [6, 6.07) is -0.634. The third-order valence-electron chi connectivity index (χ3n) is 3.83. The van der Waals surface area contributed by atoms with E-state index in [0.29, 0.717) is 24.8 Å². The van der Waals surface area contributed by atoms with Crippen molar-refractivity contribution in [3.63, 3.8) is 0 Å². The van der Waals surface area contributed by atoms with E-state index in [2.05, 4.69) is 15.6 Å². The van der Waals surface area contributed by atoms with E-state index in [-0.39, 0.29) is 24.2 Å². The Morgan fingerprint density at radius 2 is 2.12 bits per heavy atom. The van der Waals surface area contributed by atoms with Gasteiger partial charge in [-0.15, -0.1) is 0 Å². The van der Waals surface area contributed by atoms with Gasteiger partial charge >= 0.3 is 12.1 Å². The molecule has 8 nitrogen and oxygen atoms in total. The standard InChI is InChI=1S/C15H22N4O4S/c1-15(2,3)23-14(21)19-8-5-9-11(10(19)7-22-6-8)24-13(17-9)18-12(20)16-4/h8,10H,5-7H2,1-4H3,(H2,16,17,18,20). The van der Waals surface area contributed by atoms with Gasteiger partial charge in [-0.3, -0.25) is 10.2 Å². The summed E-state index contributed by atoms with van der Waals surface area (Å²) in [5.41, 5.74) is 0.371. The third kappa shape index (κ3) is 3.32. The Kier molecular flexibility index (Phi) is 4.39. The zero-order chi connectivity index (χ0) is 17.5. The lowest BCUT2D eigenvalue weighted by molar-refractivity contribution is -0.0666. The molecule has 3 heterocycles. The van der Waals surface area contributed by atoms with Gasteiger partial charge in [0.15, 0.2) is 5.13 Å². The van der Waals surface area contributed by atoms with E-state index in [1.165, 1.54) is 11.3 Å². The van der Waals surface area contributed by atoms with Gasteiger partial charge in [0.2, 0.25) is 0 Å². The van der Waals surface area contributed by atoms with E-state index in [1.807, 2.05) is 20.8 Å². The van der Waals surface area contributed by atoms with Crippen LogP contribution in [0.5, 0.6) is 0 Å². The minimum atomic E-state index is -0.549. The second-order valence-corrected chi connectivity index (χ2v) is 7.86. The van der Waals surface area contributed by atoms with Gasteiger partial charge in [-0.2, -0.15) is 0 Å². The van der Waals surface area contributed by atoms with Gasteiger partial charge in [0.05, 0.1) is 35.9 Å². The number of urea groups is 1. The van der Waals surface area contributed by atoms with Crippen LogP contribution < -0.4 is 10.6 Å². The first kappa shape index (κ1) is 17.0. The quantitative estimate of drug-likeness (QED) is 0.806. The summed E-state index contributed by atoms with van der Waals surface area (Å²) < 4.78 is 11.2. The minimum absolute atomic E-state index is 0.0962. The highest BCUT2D eigenvalue weighted by atomic mass is 32.1. The number of rotatable bonds is 1. The van der Waals surface area contributed by atoms with Crippen LogP contribution in [0.3, 0.4) is 0 Å². The zero-order valence-corrected chi connectivity index (χ0v) is 15.0. The monoisotopic (exact) mass is 354 g/mol. The van der Waals surface area contributed by atoms with E-state index < -0.39 is 5.60 Å². The fourth-order valence-corrected chi connectivity index (χ4v) is 3.96. The maximum Gasteiger partial charge on any atom is 0.411 e. The Hall–Kier alpha value is -1.87. The maximum atomic E-state index is 12.6. The lowest BCUT2D eigenvalue weighted by Gasteiger charge is -2.44. The lowest BCUT2D eigenvalue weighted by atomic mass is 9.97. The Morgan fingerprint density at radius 3 is 2.79 bits per heavy atom. The fraction of sp³-hybridized carbons (Fsp3) is 0.667. The van der Waals surface area contributed by atoms with Gasteiger partial charge in [0.25, 0.3) is 0 Å². The highest BCUT2D eigenvalue weighted by Gasteiger charge is 2.44. The van der Waals surface area contributed by atoms with Crippen LogP contribution in [-0.4, -0.2) is 53.9 Å². The molecule has 132 valence electrons. The number of aromatic nitrogens is 1. The molecular formula is C15H22N4O4S. The number of morpholine rings is 1. The number of thiazole rings is 1. The van der Waals surface area contributed by atoms with Gasteiger partial charge < -0.3 is 14.8 Å². The van der Waals surface area contributed by atoms with Crippen molar-refractivity contribution in [2.45, 2.75) is 44.9 Å². The topological polar surface area (TPSA) is 92.8 Å². The normalized spacial score (nSPS) is 22.6. The molecule has 0 radical (unpaired) electrons. The number of amides is 3. The maximum absolute atomic E-state index is 12.6. The number of nitrogens with zero attached hydrogens (tertiary/aromatic N) is 2. The van der Waals surface area contributed by atoms with Gasteiger partial charge in [-0.25, -0.2) is 14.6 Å². The van der Waals surface area contributed by atoms with Crippen molar-refractivity contribution in [2.75, 3.05) is 25.6 Å². The first-order chi connectivity index (χ1) is 11.3. The van der Waals surface area contributed by atoms with Gasteiger partial charge in [0.1, 0.15) is 5.60 Å². The van der Waals surface area contributed by atoms with Crippen LogP contribution in [0.15, 0.2) is 0 Å². The number of fused-ring (bicyclic) bond motifs is 4. The Labute approximate surface area is 144 Å². The first-order valence-corrected chi connectivity index (χ1v) is 8.67. The van der Waals surface area contributed by atoms with E-state index >= 15 is 0 Å². The van der Waals surface area contributed by atoms with Crippen LogP contribution in [0.2, 0.25) is 0 Å². The molecule has 1 aromatic rings. The summed E-state index contributed by atoms with van der Waals surface area (Å²) in [7, 11) is 1.55. The summed E-state index contributed by atoms with van der Waals surface area (Å²) in [6.45, 7) is 6.43. The third-order valence-corrected chi connectivity index (χ3v) is 4.94. The number of nitrogens with one attached hydrogen (secondary N) is 2. The van der Waals surface area contributed by atoms with Crippen molar-refractivity contribution in [3.05, 3.63) is 10.6 Å². The fourth-order valence-electron chi connectivity index (χ4n) is 2.89. The van der Waals surface area contributed by atoms with Crippen molar-refractivity contribution in [1.82, 2.24) is 15.2 Å². The molecule has 1 aromatic heterocycles. The number of carbonyl (C=O) groups is 2. The minimum Gasteiger partial charge on any atom is -0.444 e. The first-order valence-electron chi connectivity index (χ1n) is 7.86.